The van der Waals surface area contributed by atoms with Crippen molar-refractivity contribution >= 4 is 17.3 Å². The molecule has 1 aliphatic heterocycles. The fraction of sp³-hybridized carbons (Fsp3) is 0.941. The molecule has 0 amide bonds. The van der Waals surface area contributed by atoms with Crippen molar-refractivity contribution in [1.82, 2.24) is 0 Å². The van der Waals surface area contributed by atoms with Crippen LogP contribution in [0.15, 0.2) is 0 Å². The normalized spacial score (nSPS) is 23.1. The van der Waals surface area contributed by atoms with Crippen molar-refractivity contribution in [2.45, 2.75) is 96.3 Å². The van der Waals surface area contributed by atoms with Gasteiger partial charge in [-0.1, -0.05) is 77.0 Å². The monoisotopic (exact) mass is 284 g/mol. The maximum Gasteiger partial charge on any atom is 0.159 e. The van der Waals surface area contributed by atoms with E-state index in [0.717, 1.165) is 18.1 Å². The minimum atomic E-state index is 0.846. The minimum Gasteiger partial charge on any atom is -0.487 e. The molecule has 0 radical (unpaired) electrons. The molecule has 1 rings (SSSR count). The zero-order valence-corrected chi connectivity index (χ0v) is 13.4. The molecule has 1 nitrogen and oxygen atoms in total. The van der Waals surface area contributed by atoms with Crippen LogP contribution in [0.3, 0.4) is 0 Å². The third kappa shape index (κ3) is 11.4. The second-order valence-corrected chi connectivity index (χ2v) is 6.38. The van der Waals surface area contributed by atoms with Gasteiger partial charge in [0.25, 0.3) is 0 Å². The standard InChI is InChI=1S/C17H32OS/c19-17-15-13-11-9-7-5-3-1-2-4-6-8-10-12-14-16-18-17/h1-16H2. The molecule has 0 saturated carbocycles. The van der Waals surface area contributed by atoms with E-state index in [0.29, 0.717) is 0 Å². The molecule has 0 aliphatic carbocycles. The fourth-order valence-corrected chi connectivity index (χ4v) is 2.98. The van der Waals surface area contributed by atoms with Crippen LogP contribution in [0, 0.1) is 0 Å². The van der Waals surface area contributed by atoms with Gasteiger partial charge < -0.3 is 4.74 Å². The van der Waals surface area contributed by atoms with E-state index in [9.17, 15) is 0 Å². The number of thiocarbonyl (C=S) groups is 1. The van der Waals surface area contributed by atoms with Gasteiger partial charge in [-0.2, -0.15) is 0 Å². The van der Waals surface area contributed by atoms with Crippen molar-refractivity contribution in [3.63, 3.8) is 0 Å². The average molecular weight is 285 g/mol. The van der Waals surface area contributed by atoms with E-state index in [4.69, 9.17) is 17.0 Å². The molecule has 0 atom stereocenters. The highest BCUT2D eigenvalue weighted by atomic mass is 32.1. The average Bonchev–Trinajstić information content (AvgIpc) is 2.41. The second kappa shape index (κ2) is 12.9. The molecular weight excluding hydrogens is 252 g/mol. The van der Waals surface area contributed by atoms with Crippen molar-refractivity contribution < 1.29 is 4.74 Å². The van der Waals surface area contributed by atoms with Crippen LogP contribution in [-0.4, -0.2) is 11.7 Å². The Hall–Kier alpha value is -0.110. The lowest BCUT2D eigenvalue weighted by molar-refractivity contribution is 0.290. The van der Waals surface area contributed by atoms with Gasteiger partial charge in [-0.3, -0.25) is 0 Å². The summed E-state index contributed by atoms with van der Waals surface area (Å²) >= 11 is 5.26. The third-order valence-electron chi connectivity index (χ3n) is 4.04. The van der Waals surface area contributed by atoms with Gasteiger partial charge in [0.05, 0.1) is 6.61 Å². The first-order valence-electron chi connectivity index (χ1n) is 8.55. The van der Waals surface area contributed by atoms with Gasteiger partial charge in [-0.15, -0.1) is 0 Å². The van der Waals surface area contributed by atoms with E-state index in [1.54, 1.807) is 0 Å². The maximum absolute atomic E-state index is 5.62. The van der Waals surface area contributed by atoms with E-state index in [-0.39, 0.29) is 0 Å². The summed E-state index contributed by atoms with van der Waals surface area (Å²) in [6, 6.07) is 0. The SMILES string of the molecule is S=C1CCCCCCCCCCCCCCCCO1. The molecule has 0 aromatic carbocycles. The molecule has 0 aromatic rings. The first kappa shape index (κ1) is 16.9. The van der Waals surface area contributed by atoms with Gasteiger partial charge in [0.1, 0.15) is 0 Å². The Labute approximate surface area is 125 Å². The molecule has 112 valence electrons. The van der Waals surface area contributed by atoms with Gasteiger partial charge in [-0.05, 0) is 25.1 Å². The highest BCUT2D eigenvalue weighted by Crippen LogP contribution is 2.14. The lowest BCUT2D eigenvalue weighted by Gasteiger charge is -2.08. The predicted molar refractivity (Wildman–Crippen MR) is 87.8 cm³/mol. The molecule has 0 spiro atoms. The van der Waals surface area contributed by atoms with Crippen LogP contribution in [-0.2, 0) is 4.74 Å². The predicted octanol–water partition coefficient (Wildman–Crippen LogP) is 6.20. The van der Waals surface area contributed by atoms with Gasteiger partial charge in [0.2, 0.25) is 0 Å². The quantitative estimate of drug-likeness (QED) is 0.490. The minimum absolute atomic E-state index is 0.846. The van der Waals surface area contributed by atoms with Crippen molar-refractivity contribution in [3.05, 3.63) is 0 Å². The molecule has 19 heavy (non-hydrogen) atoms. The van der Waals surface area contributed by atoms with Gasteiger partial charge in [0.15, 0.2) is 5.05 Å². The topological polar surface area (TPSA) is 9.23 Å². The largest absolute Gasteiger partial charge is 0.487 e. The van der Waals surface area contributed by atoms with Crippen molar-refractivity contribution in [2.24, 2.45) is 0 Å². The summed E-state index contributed by atoms with van der Waals surface area (Å²) in [5.41, 5.74) is 0. The van der Waals surface area contributed by atoms with E-state index in [1.807, 2.05) is 0 Å². The Morgan fingerprint density at radius 3 is 1.37 bits per heavy atom. The highest BCUT2D eigenvalue weighted by molar-refractivity contribution is 7.80. The van der Waals surface area contributed by atoms with Crippen molar-refractivity contribution in [3.8, 4) is 0 Å². The first-order chi connectivity index (χ1) is 9.39. The Balaban J connectivity index is 2.10. The van der Waals surface area contributed by atoms with Gasteiger partial charge in [-0.25, -0.2) is 0 Å². The van der Waals surface area contributed by atoms with E-state index in [1.165, 1.54) is 89.9 Å². The number of rotatable bonds is 0. The smallest absolute Gasteiger partial charge is 0.159 e. The Kier molecular flexibility index (Phi) is 11.5. The zero-order valence-electron chi connectivity index (χ0n) is 12.6. The lowest BCUT2D eigenvalue weighted by atomic mass is 10.0. The van der Waals surface area contributed by atoms with E-state index in [2.05, 4.69) is 0 Å². The zero-order chi connectivity index (χ0) is 13.6. The summed E-state index contributed by atoms with van der Waals surface area (Å²) in [7, 11) is 0. The summed E-state index contributed by atoms with van der Waals surface area (Å²) in [5, 5.41) is 0.848. The van der Waals surface area contributed by atoms with Crippen LogP contribution >= 0.6 is 12.2 Å². The second-order valence-electron chi connectivity index (χ2n) is 5.92. The summed E-state index contributed by atoms with van der Waals surface area (Å²) in [4.78, 5) is 0. The molecular formula is C17H32OS. The van der Waals surface area contributed by atoms with Gasteiger partial charge >= 0.3 is 0 Å². The van der Waals surface area contributed by atoms with E-state index < -0.39 is 0 Å². The van der Waals surface area contributed by atoms with Gasteiger partial charge in [0, 0.05) is 6.42 Å². The highest BCUT2D eigenvalue weighted by Gasteiger charge is 2.00. The molecule has 2 heteroatoms. The van der Waals surface area contributed by atoms with Crippen LogP contribution in [0.4, 0.5) is 0 Å². The molecule has 1 fully saturated rings. The summed E-state index contributed by atoms with van der Waals surface area (Å²) in [5.74, 6) is 0. The summed E-state index contributed by atoms with van der Waals surface area (Å²) < 4.78 is 5.62. The Morgan fingerprint density at radius 2 is 0.895 bits per heavy atom. The fourth-order valence-electron chi connectivity index (χ4n) is 2.75. The molecule has 0 unspecified atom stereocenters. The van der Waals surface area contributed by atoms with E-state index >= 15 is 0 Å². The first-order valence-corrected chi connectivity index (χ1v) is 8.96. The molecule has 1 heterocycles. The number of ether oxygens (including phenoxy) is 1. The van der Waals surface area contributed by atoms with Crippen molar-refractivity contribution in [1.29, 1.82) is 0 Å². The maximum atomic E-state index is 5.62. The molecule has 0 bridgehead atoms. The van der Waals surface area contributed by atoms with Crippen LogP contribution in [0.2, 0.25) is 0 Å². The summed E-state index contributed by atoms with van der Waals surface area (Å²) in [6.45, 7) is 0.846. The molecule has 1 aliphatic rings. The number of hydrogen-bond donors (Lipinski definition) is 0. The molecule has 0 aromatic heterocycles. The number of hydrogen-bond acceptors (Lipinski definition) is 2. The molecule has 1 saturated heterocycles. The third-order valence-corrected chi connectivity index (χ3v) is 4.36. The molecule has 0 N–H and O–H groups in total. The summed E-state index contributed by atoms with van der Waals surface area (Å²) in [6.07, 6.45) is 20.3. The van der Waals surface area contributed by atoms with Crippen LogP contribution in [0.5, 0.6) is 0 Å². The van der Waals surface area contributed by atoms with Crippen LogP contribution in [0.25, 0.3) is 0 Å². The van der Waals surface area contributed by atoms with Crippen LogP contribution < -0.4 is 0 Å². The van der Waals surface area contributed by atoms with Crippen LogP contribution in [0.1, 0.15) is 96.3 Å². The lowest BCUT2D eigenvalue weighted by Crippen LogP contribution is -2.03. The Bertz CT molecular complexity index is 195. The van der Waals surface area contributed by atoms with Crippen molar-refractivity contribution in [2.75, 3.05) is 6.61 Å². The Morgan fingerprint density at radius 1 is 0.526 bits per heavy atom.